The molecule has 1 heterocycles. The zero-order valence-corrected chi connectivity index (χ0v) is 14.7. The number of aromatic nitrogens is 1. The molecule has 0 saturated carbocycles. The molecule has 5 rings (SSSR count). The van der Waals surface area contributed by atoms with Crippen molar-refractivity contribution in [2.75, 3.05) is 0 Å². The fourth-order valence-corrected chi connectivity index (χ4v) is 4.01. The molecule has 1 aliphatic carbocycles. The number of nitrogens with one attached hydrogen (secondary N) is 2. The van der Waals surface area contributed by atoms with Gasteiger partial charge in [0.2, 0.25) is 0 Å². The predicted molar refractivity (Wildman–Crippen MR) is 108 cm³/mol. The molecule has 0 fully saturated rings. The van der Waals surface area contributed by atoms with Gasteiger partial charge in [-0.1, -0.05) is 54.6 Å². The zero-order valence-electron chi connectivity index (χ0n) is 14.7. The second kappa shape index (κ2) is 6.47. The minimum Gasteiger partial charge on any atom is -0.361 e. The van der Waals surface area contributed by atoms with E-state index in [1.54, 1.807) is 0 Å². The molecule has 1 aromatic heterocycles. The zero-order chi connectivity index (χ0) is 17.3. The Balaban J connectivity index is 1.25. The van der Waals surface area contributed by atoms with Crippen LogP contribution in [0.1, 0.15) is 16.7 Å². The predicted octanol–water partition coefficient (Wildman–Crippen LogP) is 5.09. The van der Waals surface area contributed by atoms with Crippen molar-refractivity contribution in [1.82, 2.24) is 10.3 Å². The first-order valence-corrected chi connectivity index (χ1v) is 9.32. The summed E-state index contributed by atoms with van der Waals surface area (Å²) in [6.45, 7) is 0.926. The summed E-state index contributed by atoms with van der Waals surface area (Å²) >= 11 is 0. The van der Waals surface area contributed by atoms with Crippen LogP contribution in [0.15, 0.2) is 79.0 Å². The Morgan fingerprint density at radius 1 is 0.808 bits per heavy atom. The van der Waals surface area contributed by atoms with Crippen LogP contribution in [0.3, 0.4) is 0 Å². The third-order valence-electron chi connectivity index (χ3n) is 5.49. The van der Waals surface area contributed by atoms with Gasteiger partial charge in [0.25, 0.3) is 0 Å². The lowest BCUT2D eigenvalue weighted by Gasteiger charge is -2.12. The van der Waals surface area contributed by atoms with Crippen LogP contribution in [0.4, 0.5) is 0 Å². The van der Waals surface area contributed by atoms with Gasteiger partial charge in [0.05, 0.1) is 0 Å². The number of hydrogen-bond acceptors (Lipinski definition) is 1. The molecule has 26 heavy (non-hydrogen) atoms. The van der Waals surface area contributed by atoms with E-state index < -0.39 is 0 Å². The van der Waals surface area contributed by atoms with Gasteiger partial charge in [0, 0.05) is 24.3 Å². The van der Waals surface area contributed by atoms with Crippen molar-refractivity contribution in [2.24, 2.45) is 0 Å². The van der Waals surface area contributed by atoms with Gasteiger partial charge in [-0.2, -0.15) is 0 Å². The molecule has 3 aromatic carbocycles. The average Bonchev–Trinajstić information content (AvgIpc) is 3.32. The molecule has 2 N–H and O–H groups in total. The molecule has 0 aliphatic heterocycles. The van der Waals surface area contributed by atoms with E-state index in [0.717, 1.165) is 19.4 Å². The Morgan fingerprint density at radius 3 is 2.31 bits per heavy atom. The summed E-state index contributed by atoms with van der Waals surface area (Å²) in [4.78, 5) is 3.25. The minimum atomic E-state index is 0.558. The summed E-state index contributed by atoms with van der Waals surface area (Å²) in [5.74, 6) is 0. The van der Waals surface area contributed by atoms with Crippen molar-refractivity contribution in [3.05, 3.63) is 95.7 Å². The van der Waals surface area contributed by atoms with Crippen LogP contribution in [0, 0.1) is 0 Å². The average molecular weight is 338 g/mol. The second-order valence-electron chi connectivity index (χ2n) is 7.23. The van der Waals surface area contributed by atoms with Crippen molar-refractivity contribution in [3.63, 3.8) is 0 Å². The lowest BCUT2D eigenvalue weighted by atomic mass is 10.0. The van der Waals surface area contributed by atoms with Crippen molar-refractivity contribution in [2.45, 2.75) is 25.4 Å². The lowest BCUT2D eigenvalue weighted by Crippen LogP contribution is -2.28. The highest BCUT2D eigenvalue weighted by atomic mass is 14.9. The fraction of sp³-hybridized carbons (Fsp3) is 0.167. The van der Waals surface area contributed by atoms with Crippen LogP contribution in [0.25, 0.3) is 22.0 Å². The summed E-state index contributed by atoms with van der Waals surface area (Å²) in [7, 11) is 0. The standard InChI is InChI=1S/C24H22N2/c1-2-4-20-15-23(14-19(20)3-1)26-16-17-5-7-18(8-6-17)21-9-10-24-22(13-21)11-12-25-24/h1-13,23,25-26H,14-16H2. The first-order valence-electron chi connectivity index (χ1n) is 9.32. The van der Waals surface area contributed by atoms with Crippen molar-refractivity contribution in [1.29, 1.82) is 0 Å². The molecule has 2 heteroatoms. The fourth-order valence-electron chi connectivity index (χ4n) is 4.01. The van der Waals surface area contributed by atoms with Gasteiger partial charge in [0.1, 0.15) is 0 Å². The maximum atomic E-state index is 3.72. The molecule has 0 bridgehead atoms. The third-order valence-corrected chi connectivity index (χ3v) is 5.49. The van der Waals surface area contributed by atoms with E-state index in [4.69, 9.17) is 0 Å². The lowest BCUT2D eigenvalue weighted by molar-refractivity contribution is 0.533. The number of aromatic amines is 1. The van der Waals surface area contributed by atoms with E-state index in [9.17, 15) is 0 Å². The van der Waals surface area contributed by atoms with E-state index in [-0.39, 0.29) is 0 Å². The smallest absolute Gasteiger partial charge is 0.0454 e. The Bertz CT molecular complexity index is 1020. The first kappa shape index (κ1) is 15.4. The molecule has 4 aromatic rings. The van der Waals surface area contributed by atoms with E-state index in [1.165, 1.54) is 38.7 Å². The van der Waals surface area contributed by atoms with E-state index >= 15 is 0 Å². The van der Waals surface area contributed by atoms with Gasteiger partial charge in [-0.05, 0) is 64.2 Å². The molecule has 0 atom stereocenters. The Labute approximate surface area is 153 Å². The van der Waals surface area contributed by atoms with Gasteiger partial charge < -0.3 is 10.3 Å². The Morgan fingerprint density at radius 2 is 1.54 bits per heavy atom. The van der Waals surface area contributed by atoms with E-state index in [0.29, 0.717) is 6.04 Å². The van der Waals surface area contributed by atoms with Gasteiger partial charge >= 0.3 is 0 Å². The second-order valence-corrected chi connectivity index (χ2v) is 7.23. The van der Waals surface area contributed by atoms with Crippen LogP contribution in [0.5, 0.6) is 0 Å². The summed E-state index contributed by atoms with van der Waals surface area (Å²) in [5, 5.41) is 4.98. The minimum absolute atomic E-state index is 0.558. The molecule has 0 amide bonds. The molecule has 2 nitrogen and oxygen atoms in total. The van der Waals surface area contributed by atoms with Gasteiger partial charge in [-0.15, -0.1) is 0 Å². The van der Waals surface area contributed by atoms with E-state index in [2.05, 4.69) is 83.1 Å². The SMILES string of the molecule is c1ccc2c(c1)CC(NCc1ccc(-c3ccc4[nH]ccc4c3)cc1)C2. The highest BCUT2D eigenvalue weighted by molar-refractivity contribution is 5.85. The molecule has 1 aliphatic rings. The number of H-pyrrole nitrogens is 1. The maximum absolute atomic E-state index is 3.72. The summed E-state index contributed by atoms with van der Waals surface area (Å²) in [6.07, 6.45) is 4.28. The molecule has 128 valence electrons. The topological polar surface area (TPSA) is 27.8 Å². The summed E-state index contributed by atoms with van der Waals surface area (Å²) in [5.41, 5.74) is 8.06. The number of benzene rings is 3. The third kappa shape index (κ3) is 2.93. The van der Waals surface area contributed by atoms with Crippen LogP contribution < -0.4 is 5.32 Å². The van der Waals surface area contributed by atoms with E-state index in [1.807, 2.05) is 6.20 Å². The summed E-state index contributed by atoms with van der Waals surface area (Å²) < 4.78 is 0. The highest BCUT2D eigenvalue weighted by Gasteiger charge is 2.19. The van der Waals surface area contributed by atoms with Crippen LogP contribution in [-0.2, 0) is 19.4 Å². The van der Waals surface area contributed by atoms with Crippen LogP contribution in [0.2, 0.25) is 0 Å². The number of hydrogen-bond donors (Lipinski definition) is 2. The molecule has 0 radical (unpaired) electrons. The maximum Gasteiger partial charge on any atom is 0.0454 e. The van der Waals surface area contributed by atoms with Gasteiger partial charge in [0.15, 0.2) is 0 Å². The van der Waals surface area contributed by atoms with Gasteiger partial charge in [-0.3, -0.25) is 0 Å². The van der Waals surface area contributed by atoms with Crippen molar-refractivity contribution < 1.29 is 0 Å². The largest absolute Gasteiger partial charge is 0.361 e. The molecule has 0 spiro atoms. The Hall–Kier alpha value is -2.84. The highest BCUT2D eigenvalue weighted by Crippen LogP contribution is 2.25. The van der Waals surface area contributed by atoms with Crippen LogP contribution >= 0.6 is 0 Å². The molecular formula is C24H22N2. The normalized spacial score (nSPS) is 14.0. The van der Waals surface area contributed by atoms with Crippen LogP contribution in [-0.4, -0.2) is 11.0 Å². The monoisotopic (exact) mass is 338 g/mol. The number of rotatable bonds is 4. The summed E-state index contributed by atoms with van der Waals surface area (Å²) in [6, 6.07) is 27.0. The quantitative estimate of drug-likeness (QED) is 0.533. The van der Waals surface area contributed by atoms with Crippen molar-refractivity contribution in [3.8, 4) is 11.1 Å². The Kier molecular flexibility index (Phi) is 3.84. The first-order chi connectivity index (χ1) is 12.8. The van der Waals surface area contributed by atoms with Gasteiger partial charge in [-0.25, -0.2) is 0 Å². The molecule has 0 saturated heterocycles. The number of fused-ring (bicyclic) bond motifs is 2. The molecule has 0 unspecified atom stereocenters. The molecular weight excluding hydrogens is 316 g/mol. The van der Waals surface area contributed by atoms with Crippen molar-refractivity contribution >= 4 is 10.9 Å².